The topological polar surface area (TPSA) is 93.4 Å². The lowest BCUT2D eigenvalue weighted by atomic mass is 10.0. The summed E-state index contributed by atoms with van der Waals surface area (Å²) in [5.74, 6) is 2.38. The van der Waals surface area contributed by atoms with Crippen molar-refractivity contribution in [3.05, 3.63) is 42.4 Å². The fourth-order valence-corrected chi connectivity index (χ4v) is 3.39. The fourth-order valence-electron chi connectivity index (χ4n) is 3.39. The Morgan fingerprint density at radius 2 is 2.17 bits per heavy atom. The van der Waals surface area contributed by atoms with E-state index in [1.54, 1.807) is 6.26 Å². The summed E-state index contributed by atoms with van der Waals surface area (Å²) < 4.78 is 7.45. The molecular weight excluding hydrogens is 304 g/mol. The van der Waals surface area contributed by atoms with Gasteiger partial charge in [-0.15, -0.1) is 0 Å². The number of para-hydroxylation sites is 1. The van der Waals surface area contributed by atoms with Gasteiger partial charge >= 0.3 is 0 Å². The van der Waals surface area contributed by atoms with Gasteiger partial charge in [-0.3, -0.25) is 4.68 Å². The third-order valence-electron chi connectivity index (χ3n) is 4.77. The molecule has 122 valence electrons. The van der Waals surface area contributed by atoms with Crippen LogP contribution in [0.2, 0.25) is 0 Å². The van der Waals surface area contributed by atoms with Gasteiger partial charge < -0.3 is 20.8 Å². The van der Waals surface area contributed by atoms with Gasteiger partial charge in [-0.2, -0.15) is 5.10 Å². The lowest BCUT2D eigenvalue weighted by Crippen LogP contribution is -2.44. The number of fused-ring (bicyclic) bond motifs is 2. The van der Waals surface area contributed by atoms with E-state index in [1.807, 2.05) is 42.1 Å². The molecule has 3 aromatic rings. The number of anilines is 2. The van der Waals surface area contributed by atoms with Gasteiger partial charge in [0.05, 0.1) is 17.5 Å². The molecule has 1 aliphatic carbocycles. The molecule has 0 amide bonds. The Hall–Kier alpha value is -2.80. The molecule has 2 aromatic heterocycles. The summed E-state index contributed by atoms with van der Waals surface area (Å²) in [6, 6.07) is 9.95. The minimum absolute atomic E-state index is 0.321. The van der Waals surface area contributed by atoms with Crippen molar-refractivity contribution < 1.29 is 4.42 Å². The number of guanidine groups is 1. The van der Waals surface area contributed by atoms with E-state index in [0.29, 0.717) is 17.6 Å². The van der Waals surface area contributed by atoms with Crippen molar-refractivity contribution >= 4 is 28.4 Å². The molecule has 1 unspecified atom stereocenters. The van der Waals surface area contributed by atoms with Gasteiger partial charge in [0.1, 0.15) is 0 Å². The quantitative estimate of drug-likeness (QED) is 0.674. The van der Waals surface area contributed by atoms with Crippen molar-refractivity contribution in [1.29, 1.82) is 0 Å². The molecule has 1 aromatic carbocycles. The van der Waals surface area contributed by atoms with Crippen LogP contribution in [0.1, 0.15) is 18.6 Å². The summed E-state index contributed by atoms with van der Waals surface area (Å²) in [5.41, 5.74) is 7.71. The predicted molar refractivity (Wildman–Crippen MR) is 92.7 cm³/mol. The number of aliphatic imine (C=N–C) groups is 1. The second kappa shape index (κ2) is 4.61. The van der Waals surface area contributed by atoms with Crippen LogP contribution in [0.5, 0.6) is 0 Å². The molecular formula is C17H18N6O. The molecule has 3 heterocycles. The fraction of sp³-hybridized carbons (Fsp3) is 0.294. The van der Waals surface area contributed by atoms with Gasteiger partial charge in [0.2, 0.25) is 5.96 Å². The van der Waals surface area contributed by atoms with Gasteiger partial charge in [0.15, 0.2) is 17.2 Å². The van der Waals surface area contributed by atoms with Gasteiger partial charge in [-0.25, -0.2) is 4.99 Å². The van der Waals surface area contributed by atoms with Crippen molar-refractivity contribution in [1.82, 2.24) is 9.78 Å². The molecule has 7 nitrogen and oxygen atoms in total. The van der Waals surface area contributed by atoms with Crippen molar-refractivity contribution in [2.24, 2.45) is 23.7 Å². The van der Waals surface area contributed by atoms with E-state index in [-0.39, 0.29) is 0 Å². The Kier molecular flexibility index (Phi) is 2.62. The highest BCUT2D eigenvalue weighted by Gasteiger charge is 2.49. The molecule has 1 aliphatic heterocycles. The van der Waals surface area contributed by atoms with Crippen LogP contribution in [-0.2, 0) is 12.7 Å². The van der Waals surface area contributed by atoms with E-state index in [0.717, 1.165) is 35.2 Å². The van der Waals surface area contributed by atoms with Crippen LogP contribution in [0.4, 0.5) is 11.5 Å². The average Bonchev–Trinajstić information content (AvgIpc) is 3.26. The van der Waals surface area contributed by atoms with Crippen LogP contribution < -0.4 is 16.4 Å². The first kappa shape index (κ1) is 13.6. The number of nitrogens with one attached hydrogen (secondary N) is 2. The van der Waals surface area contributed by atoms with Crippen molar-refractivity contribution in [2.45, 2.75) is 18.5 Å². The number of hydrogen-bond acceptors (Lipinski definition) is 6. The number of nitrogens with zero attached hydrogens (tertiary/aromatic N) is 3. The van der Waals surface area contributed by atoms with E-state index < -0.39 is 5.66 Å². The summed E-state index contributed by atoms with van der Waals surface area (Å²) in [6.07, 6.45) is 3.79. The third-order valence-corrected chi connectivity index (χ3v) is 4.77. The summed E-state index contributed by atoms with van der Waals surface area (Å²) in [4.78, 5) is 4.73. The Labute approximate surface area is 138 Å². The molecule has 1 atom stereocenters. The van der Waals surface area contributed by atoms with Crippen LogP contribution in [-0.4, -0.2) is 15.7 Å². The Morgan fingerprint density at radius 3 is 3.00 bits per heavy atom. The highest BCUT2D eigenvalue weighted by Crippen LogP contribution is 2.48. The SMILES string of the molecule is Cn1nc(NC2=NC(N)(C3CC3)c3occc3N2)c2ccccc21. The first-order valence-corrected chi connectivity index (χ1v) is 8.07. The molecule has 2 aliphatic rings. The van der Waals surface area contributed by atoms with Crippen molar-refractivity contribution in [2.75, 3.05) is 10.6 Å². The lowest BCUT2D eigenvalue weighted by molar-refractivity contribution is 0.315. The number of rotatable bonds is 2. The molecule has 0 bridgehead atoms. The minimum Gasteiger partial charge on any atom is -0.463 e. The highest BCUT2D eigenvalue weighted by molar-refractivity contribution is 6.08. The Balaban J connectivity index is 1.56. The highest BCUT2D eigenvalue weighted by atomic mass is 16.3. The van der Waals surface area contributed by atoms with Crippen LogP contribution in [0.15, 0.2) is 46.0 Å². The number of hydrogen-bond donors (Lipinski definition) is 3. The van der Waals surface area contributed by atoms with E-state index in [1.165, 1.54) is 0 Å². The van der Waals surface area contributed by atoms with E-state index >= 15 is 0 Å². The minimum atomic E-state index is -0.809. The van der Waals surface area contributed by atoms with Crippen LogP contribution in [0.3, 0.4) is 0 Å². The van der Waals surface area contributed by atoms with Gasteiger partial charge in [-0.05, 0) is 25.0 Å². The summed E-state index contributed by atoms with van der Waals surface area (Å²) in [6.45, 7) is 0. The van der Waals surface area contributed by atoms with Crippen molar-refractivity contribution in [3.8, 4) is 0 Å². The first-order chi connectivity index (χ1) is 11.6. The van der Waals surface area contributed by atoms with Crippen LogP contribution >= 0.6 is 0 Å². The van der Waals surface area contributed by atoms with E-state index in [2.05, 4.69) is 15.7 Å². The maximum atomic E-state index is 6.60. The second-order valence-electron chi connectivity index (χ2n) is 6.46. The molecule has 1 fully saturated rings. The normalized spacial score (nSPS) is 22.8. The van der Waals surface area contributed by atoms with Crippen LogP contribution in [0, 0.1) is 5.92 Å². The van der Waals surface area contributed by atoms with E-state index in [9.17, 15) is 0 Å². The van der Waals surface area contributed by atoms with Gasteiger partial charge in [0.25, 0.3) is 0 Å². The Morgan fingerprint density at radius 1 is 1.33 bits per heavy atom. The molecule has 0 saturated heterocycles. The largest absolute Gasteiger partial charge is 0.463 e. The predicted octanol–water partition coefficient (Wildman–Crippen LogP) is 2.58. The molecule has 1 saturated carbocycles. The lowest BCUT2D eigenvalue weighted by Gasteiger charge is -2.29. The van der Waals surface area contributed by atoms with Crippen molar-refractivity contribution in [3.63, 3.8) is 0 Å². The van der Waals surface area contributed by atoms with Gasteiger partial charge in [0, 0.05) is 24.4 Å². The zero-order chi connectivity index (χ0) is 16.3. The number of furan rings is 1. The number of nitrogens with two attached hydrogens (primary N) is 1. The summed E-state index contributed by atoms with van der Waals surface area (Å²) >= 11 is 0. The second-order valence-corrected chi connectivity index (χ2v) is 6.46. The third kappa shape index (κ3) is 1.88. The number of aryl methyl sites for hydroxylation is 1. The average molecular weight is 322 g/mol. The molecule has 7 heteroatoms. The summed E-state index contributed by atoms with van der Waals surface area (Å²) in [7, 11) is 1.93. The summed E-state index contributed by atoms with van der Waals surface area (Å²) in [5, 5.41) is 12.1. The molecule has 0 spiro atoms. The van der Waals surface area contributed by atoms with E-state index in [4.69, 9.17) is 15.1 Å². The molecule has 0 radical (unpaired) electrons. The number of aromatic nitrogens is 2. The smallest absolute Gasteiger partial charge is 0.204 e. The monoisotopic (exact) mass is 322 g/mol. The Bertz CT molecular complexity index is 967. The zero-order valence-electron chi connectivity index (χ0n) is 13.3. The maximum absolute atomic E-state index is 6.60. The first-order valence-electron chi connectivity index (χ1n) is 8.07. The zero-order valence-corrected chi connectivity index (χ0v) is 13.3. The molecule has 5 rings (SSSR count). The van der Waals surface area contributed by atoms with Gasteiger partial charge in [-0.1, -0.05) is 12.1 Å². The van der Waals surface area contributed by atoms with Crippen LogP contribution in [0.25, 0.3) is 10.9 Å². The standard InChI is InChI=1S/C17H18N6O/c1-23-13-5-3-2-4-11(13)15(22-23)20-16-19-12-8-9-24-14(12)17(18,21-16)10-6-7-10/h2-5,8-10H,6-7,18H2,1H3,(H2,19,20,21,22). The maximum Gasteiger partial charge on any atom is 0.204 e. The molecule has 24 heavy (non-hydrogen) atoms. The number of benzene rings is 1. The molecule has 4 N–H and O–H groups in total.